The van der Waals surface area contributed by atoms with Crippen LogP contribution in [-0.4, -0.2) is 48.9 Å². The number of likely N-dealkylation sites (tertiary alicyclic amines) is 1. The molecule has 0 aromatic heterocycles. The summed E-state index contributed by atoms with van der Waals surface area (Å²) in [5.41, 5.74) is 0.885. The fraction of sp³-hybridized carbons (Fsp3) is 0.556. The van der Waals surface area contributed by atoms with Crippen molar-refractivity contribution in [2.45, 2.75) is 36.4 Å². The summed E-state index contributed by atoms with van der Waals surface area (Å²) in [6.45, 7) is 0.615. The Balaban J connectivity index is 1.91. The Morgan fingerprint density at radius 3 is 3.14 bits per heavy atom. The highest BCUT2D eigenvalue weighted by molar-refractivity contribution is 5.62. The lowest BCUT2D eigenvalue weighted by atomic mass is 9.53. The number of aliphatic hydroxyl groups is 1. The molecule has 2 unspecified atom stereocenters. The van der Waals surface area contributed by atoms with Crippen LogP contribution in [0.1, 0.15) is 21.7 Å². The van der Waals surface area contributed by atoms with Crippen LogP contribution in [0.2, 0.25) is 0 Å². The predicted molar refractivity (Wildman–Crippen MR) is 82.5 cm³/mol. The molecule has 0 radical (unpaired) electrons. The van der Waals surface area contributed by atoms with E-state index in [2.05, 4.69) is 0 Å². The van der Waals surface area contributed by atoms with E-state index in [1.807, 2.05) is 18.0 Å². The first kappa shape index (κ1) is 10.3. The standard InChI is InChI=1S/C18H21NO3/c1-19-8-7-18-11-4-5-13(20)17(18)22-16-14(21-2)6-3-10(15(16)18)9-12(11)19/h3-6,11-13,17,20H,7-9H2,1-2H3/t11-,12+,13?,17?,18-/m0/s1/i12D,13D,17D. The second kappa shape index (κ2) is 4.06. The maximum Gasteiger partial charge on any atom is 0.165 e. The van der Waals surface area contributed by atoms with E-state index in [4.69, 9.17) is 12.2 Å². The molecular formula is C18H21NO3. The van der Waals surface area contributed by atoms with E-state index in [0.717, 1.165) is 11.1 Å². The number of hydrogen-bond donors (Lipinski definition) is 1. The lowest BCUT2D eigenvalue weighted by molar-refractivity contribution is -0.0453. The quantitative estimate of drug-likeness (QED) is 0.798. The van der Waals surface area contributed by atoms with Crippen LogP contribution in [0.4, 0.5) is 0 Å². The molecule has 5 atom stereocenters. The molecule has 22 heavy (non-hydrogen) atoms. The van der Waals surface area contributed by atoms with E-state index in [0.29, 0.717) is 30.9 Å². The Morgan fingerprint density at radius 2 is 2.32 bits per heavy atom. The van der Waals surface area contributed by atoms with Crippen LogP contribution < -0.4 is 9.47 Å². The van der Waals surface area contributed by atoms with Crippen LogP contribution in [0, 0.1) is 5.92 Å². The number of rotatable bonds is 1. The van der Waals surface area contributed by atoms with E-state index in [9.17, 15) is 6.48 Å². The van der Waals surface area contributed by atoms with Crippen LogP contribution in [0.25, 0.3) is 0 Å². The van der Waals surface area contributed by atoms with Crippen molar-refractivity contribution in [2.75, 3.05) is 20.7 Å². The highest BCUT2D eigenvalue weighted by Gasteiger charge is 2.64. The van der Waals surface area contributed by atoms with Gasteiger partial charge in [0.25, 0.3) is 0 Å². The van der Waals surface area contributed by atoms with Crippen molar-refractivity contribution >= 4 is 0 Å². The fourth-order valence-corrected chi connectivity index (χ4v) is 4.77. The molecule has 1 saturated heterocycles. The maximum absolute atomic E-state index is 10.8. The Labute approximate surface area is 134 Å². The van der Waals surface area contributed by atoms with Crippen LogP contribution in [0.3, 0.4) is 0 Å². The molecule has 1 N–H and O–H groups in total. The molecule has 4 aliphatic rings. The molecule has 2 bridgehead atoms. The van der Waals surface area contributed by atoms with Gasteiger partial charge in [0.05, 0.1) is 9.85 Å². The largest absolute Gasteiger partial charge is 0.493 e. The molecule has 0 amide bonds. The second-order valence-corrected chi connectivity index (χ2v) is 6.60. The molecule has 2 aliphatic heterocycles. The number of ether oxygens (including phenoxy) is 2. The van der Waals surface area contributed by atoms with Gasteiger partial charge in [-0.05, 0) is 38.1 Å². The number of nitrogens with zero attached hydrogens (tertiary/aromatic N) is 1. The average Bonchev–Trinajstić information content (AvgIpc) is 2.83. The molecule has 1 spiro atoms. The summed E-state index contributed by atoms with van der Waals surface area (Å²) in [6, 6.07) is 2.81. The average molecular weight is 302 g/mol. The van der Waals surface area contributed by atoms with Crippen LogP contribution in [0.5, 0.6) is 11.5 Å². The van der Waals surface area contributed by atoms with E-state index in [-0.39, 0.29) is 5.92 Å². The number of methoxy groups -OCH3 is 1. The van der Waals surface area contributed by atoms with Crippen molar-refractivity contribution in [2.24, 2.45) is 5.92 Å². The Hall–Kier alpha value is -1.52. The third-order valence-corrected chi connectivity index (χ3v) is 5.76. The van der Waals surface area contributed by atoms with E-state index >= 15 is 0 Å². The van der Waals surface area contributed by atoms with Crippen molar-refractivity contribution in [1.82, 2.24) is 4.90 Å². The monoisotopic (exact) mass is 302 g/mol. The third-order valence-electron chi connectivity index (χ3n) is 5.76. The molecule has 1 aromatic rings. The zero-order valence-corrected chi connectivity index (χ0v) is 12.7. The molecule has 5 rings (SSSR count). The number of hydrogen-bond acceptors (Lipinski definition) is 4. The maximum atomic E-state index is 10.8. The summed E-state index contributed by atoms with van der Waals surface area (Å²) in [5, 5.41) is 10.8. The molecule has 116 valence electrons. The molecule has 4 nitrogen and oxygen atoms in total. The first-order chi connectivity index (χ1) is 11.7. The summed E-state index contributed by atoms with van der Waals surface area (Å²) < 4.78 is 38.2. The van der Waals surface area contributed by atoms with Gasteiger partial charge in [-0.1, -0.05) is 18.2 Å². The van der Waals surface area contributed by atoms with Gasteiger partial charge in [-0.15, -0.1) is 0 Å². The van der Waals surface area contributed by atoms with Gasteiger partial charge in [0.1, 0.15) is 12.2 Å². The fourth-order valence-electron chi connectivity index (χ4n) is 4.77. The van der Waals surface area contributed by atoms with Crippen molar-refractivity contribution in [3.8, 4) is 11.5 Å². The molecule has 0 saturated carbocycles. The zero-order valence-electron chi connectivity index (χ0n) is 15.7. The van der Waals surface area contributed by atoms with Gasteiger partial charge in [0, 0.05) is 24.3 Å². The topological polar surface area (TPSA) is 41.9 Å². The molecule has 1 fully saturated rings. The number of benzene rings is 1. The summed E-state index contributed by atoms with van der Waals surface area (Å²) >= 11 is 0. The predicted octanol–water partition coefficient (Wildman–Crippen LogP) is 1.50. The minimum atomic E-state index is -2.20. The van der Waals surface area contributed by atoms with E-state index < -0.39 is 23.6 Å². The Morgan fingerprint density at radius 1 is 1.45 bits per heavy atom. The van der Waals surface area contributed by atoms with Crippen LogP contribution in [-0.2, 0) is 11.8 Å². The normalized spacial score (nSPS) is 53.0. The summed E-state index contributed by atoms with van der Waals surface area (Å²) in [6.07, 6.45) is 0.0650. The van der Waals surface area contributed by atoms with Gasteiger partial charge in [0.2, 0.25) is 0 Å². The Kier molecular flexibility index (Phi) is 1.90. The minimum absolute atomic E-state index is 0.331. The summed E-state index contributed by atoms with van der Waals surface area (Å²) in [7, 11) is 3.48. The second-order valence-electron chi connectivity index (χ2n) is 6.60. The minimum Gasteiger partial charge on any atom is -0.493 e. The number of likely N-dealkylation sites (N-methyl/N-ethyl adjacent to an activating group) is 1. The third kappa shape index (κ3) is 1.28. The van der Waals surface area contributed by atoms with Gasteiger partial charge >= 0.3 is 0 Å². The molecule has 1 aromatic carbocycles. The first-order valence-corrected chi connectivity index (χ1v) is 7.74. The highest BCUT2D eigenvalue weighted by Crippen LogP contribution is 2.62. The van der Waals surface area contributed by atoms with Crippen molar-refractivity contribution in [3.05, 3.63) is 35.4 Å². The van der Waals surface area contributed by atoms with Crippen LogP contribution in [0.15, 0.2) is 24.3 Å². The highest BCUT2D eigenvalue weighted by atomic mass is 16.5. The van der Waals surface area contributed by atoms with Gasteiger partial charge in [0.15, 0.2) is 11.5 Å². The van der Waals surface area contributed by atoms with Crippen LogP contribution >= 0.6 is 0 Å². The van der Waals surface area contributed by atoms with Gasteiger partial charge < -0.3 is 19.5 Å². The number of piperidine rings is 1. The van der Waals surface area contributed by atoms with Crippen molar-refractivity contribution in [1.29, 1.82) is 0 Å². The van der Waals surface area contributed by atoms with Gasteiger partial charge in [-0.2, -0.15) is 0 Å². The molecule has 2 heterocycles. The smallest absolute Gasteiger partial charge is 0.165 e. The molecular weight excluding hydrogens is 278 g/mol. The van der Waals surface area contributed by atoms with Crippen molar-refractivity contribution < 1.29 is 18.7 Å². The van der Waals surface area contributed by atoms with E-state index in [1.165, 1.54) is 6.08 Å². The Bertz CT molecular complexity index is 828. The van der Waals surface area contributed by atoms with Crippen molar-refractivity contribution in [3.63, 3.8) is 0 Å². The lowest BCUT2D eigenvalue weighted by Crippen LogP contribution is -2.64. The van der Waals surface area contributed by atoms with Gasteiger partial charge in [-0.3, -0.25) is 0 Å². The van der Waals surface area contributed by atoms with Gasteiger partial charge in [-0.25, -0.2) is 0 Å². The SMILES string of the molecule is [2H]C1(O)C=C[C@H]2[C@@]3([2H])Cc4ccc(OC)c5c4[C@@]2(CCN3C)C1([2H])O5. The van der Waals surface area contributed by atoms with E-state index in [1.54, 1.807) is 19.3 Å². The summed E-state index contributed by atoms with van der Waals surface area (Å²) in [4.78, 5) is 2.02. The first-order valence-electron chi connectivity index (χ1n) is 9.24. The molecule has 4 heteroatoms. The summed E-state index contributed by atoms with van der Waals surface area (Å²) in [5.74, 6) is 0.642. The molecule has 2 aliphatic carbocycles. The lowest BCUT2D eigenvalue weighted by Gasteiger charge is -2.56. The zero-order chi connectivity index (χ0) is 17.8.